The van der Waals surface area contributed by atoms with Crippen molar-refractivity contribution in [2.45, 2.75) is 37.2 Å². The van der Waals surface area contributed by atoms with Crippen molar-refractivity contribution in [1.29, 1.82) is 0 Å². The summed E-state index contributed by atoms with van der Waals surface area (Å²) in [5, 5.41) is -0.129. The van der Waals surface area contributed by atoms with Gasteiger partial charge in [0.15, 0.2) is 10.9 Å². The molecule has 0 fully saturated rings. The fourth-order valence-electron chi connectivity index (χ4n) is 3.56. The van der Waals surface area contributed by atoms with Crippen molar-refractivity contribution in [2.24, 2.45) is 0 Å². The number of thioether (sulfide) groups is 1. The third-order valence-corrected chi connectivity index (χ3v) is 7.57. The van der Waals surface area contributed by atoms with Crippen LogP contribution in [0.3, 0.4) is 0 Å². The predicted molar refractivity (Wildman–Crippen MR) is 119 cm³/mol. The topological polar surface area (TPSA) is 83.5 Å². The third-order valence-electron chi connectivity index (χ3n) is 5.34. The van der Waals surface area contributed by atoms with Crippen LogP contribution in [0.1, 0.15) is 34.0 Å². The number of likely N-dealkylation sites (N-methyl/N-ethyl adjacent to an activating group) is 1. The van der Waals surface area contributed by atoms with Gasteiger partial charge in [-0.2, -0.15) is 0 Å². The molecule has 2 aromatic carbocycles. The van der Waals surface area contributed by atoms with Crippen LogP contribution in [0, 0.1) is 0 Å². The highest BCUT2D eigenvalue weighted by Gasteiger charge is 2.25. The number of fused-ring (bicyclic) bond motifs is 1. The number of rotatable bonds is 8. The number of carbonyl (C=O) groups excluding carboxylic acids is 2. The molecule has 1 N–H and O–H groups in total. The second-order valence-corrected chi connectivity index (χ2v) is 10.6. The summed E-state index contributed by atoms with van der Waals surface area (Å²) in [6, 6.07) is 12.3. The van der Waals surface area contributed by atoms with Crippen LogP contribution in [0.2, 0.25) is 0 Å². The summed E-state index contributed by atoms with van der Waals surface area (Å²) in [5.41, 5.74) is 3.88. The highest BCUT2D eigenvalue weighted by Crippen LogP contribution is 2.28. The van der Waals surface area contributed by atoms with E-state index < -0.39 is 10.0 Å². The molecular formula is C22H26N2O4S2. The van der Waals surface area contributed by atoms with Gasteiger partial charge in [-0.25, -0.2) is 13.1 Å². The van der Waals surface area contributed by atoms with E-state index in [0.717, 1.165) is 30.2 Å². The Morgan fingerprint density at radius 1 is 1.10 bits per heavy atom. The Morgan fingerprint density at radius 3 is 2.43 bits per heavy atom. The molecule has 160 valence electrons. The number of benzene rings is 2. The third kappa shape index (κ3) is 5.37. The number of nitrogens with zero attached hydrogens (tertiary/aromatic N) is 1. The minimum absolute atomic E-state index is 0.0484. The molecule has 0 spiro atoms. The average molecular weight is 447 g/mol. The molecule has 1 atom stereocenters. The van der Waals surface area contributed by atoms with Gasteiger partial charge in [0.05, 0.1) is 10.6 Å². The lowest BCUT2D eigenvalue weighted by Crippen LogP contribution is -2.28. The van der Waals surface area contributed by atoms with Crippen LogP contribution in [0.5, 0.6) is 0 Å². The number of Topliss-reactive ketones (excluding diaryl/α,β-unsaturated/α-hetero) is 1. The Morgan fingerprint density at radius 2 is 1.80 bits per heavy atom. The van der Waals surface area contributed by atoms with Gasteiger partial charge >= 0.3 is 0 Å². The smallest absolute Gasteiger partial charge is 0.240 e. The van der Waals surface area contributed by atoms with Gasteiger partial charge in [-0.05, 0) is 55.8 Å². The van der Waals surface area contributed by atoms with E-state index in [4.69, 9.17) is 0 Å². The molecule has 0 aliphatic heterocycles. The Hall–Kier alpha value is -2.00. The summed E-state index contributed by atoms with van der Waals surface area (Å²) in [7, 11) is 0.418. The standard InChI is InChI=1S/C22H26N2O4S2/c1-15(25)29-14-22(26)16-7-9-20(10-8-16)30(27,28)23-13-18-6-4-5-17-11-19(24(2)3)12-21(17)18/h4-10,19,23H,11-14H2,1-3H3. The molecule has 0 bridgehead atoms. The molecule has 1 aliphatic carbocycles. The lowest BCUT2D eigenvalue weighted by Gasteiger charge is -2.18. The fraction of sp³-hybridized carbons (Fsp3) is 0.364. The van der Waals surface area contributed by atoms with Crippen molar-refractivity contribution in [1.82, 2.24) is 9.62 Å². The number of ketones is 1. The zero-order valence-electron chi connectivity index (χ0n) is 17.3. The molecule has 6 nitrogen and oxygen atoms in total. The van der Waals surface area contributed by atoms with Crippen LogP contribution in [0.4, 0.5) is 0 Å². The maximum atomic E-state index is 12.7. The van der Waals surface area contributed by atoms with E-state index in [0.29, 0.717) is 11.6 Å². The lowest BCUT2D eigenvalue weighted by atomic mass is 10.0. The first kappa shape index (κ1) is 22.7. The Bertz CT molecular complexity index is 1050. The predicted octanol–water partition coefficient (Wildman–Crippen LogP) is 2.66. The molecule has 1 aliphatic rings. The molecule has 0 saturated carbocycles. The van der Waals surface area contributed by atoms with Gasteiger partial charge < -0.3 is 4.90 Å². The van der Waals surface area contributed by atoms with Crippen LogP contribution >= 0.6 is 11.8 Å². The second kappa shape index (κ2) is 9.43. The monoisotopic (exact) mass is 446 g/mol. The van der Waals surface area contributed by atoms with Crippen molar-refractivity contribution in [2.75, 3.05) is 19.8 Å². The van der Waals surface area contributed by atoms with E-state index in [1.807, 2.05) is 12.1 Å². The fourth-order valence-corrected chi connectivity index (χ4v) is 5.07. The molecule has 0 amide bonds. The van der Waals surface area contributed by atoms with Crippen LogP contribution in [0.25, 0.3) is 0 Å². The van der Waals surface area contributed by atoms with E-state index in [1.165, 1.54) is 42.3 Å². The van der Waals surface area contributed by atoms with Crippen molar-refractivity contribution < 1.29 is 18.0 Å². The number of sulfonamides is 1. The van der Waals surface area contributed by atoms with Gasteiger partial charge in [0.1, 0.15) is 0 Å². The van der Waals surface area contributed by atoms with Crippen molar-refractivity contribution >= 4 is 32.7 Å². The summed E-state index contributed by atoms with van der Waals surface area (Å²) < 4.78 is 28.1. The largest absolute Gasteiger partial charge is 0.306 e. The van der Waals surface area contributed by atoms with Crippen LogP contribution in [0.15, 0.2) is 47.4 Å². The molecule has 0 aromatic heterocycles. The van der Waals surface area contributed by atoms with Crippen LogP contribution < -0.4 is 4.72 Å². The van der Waals surface area contributed by atoms with Gasteiger partial charge in [-0.1, -0.05) is 42.1 Å². The second-order valence-electron chi connectivity index (χ2n) is 7.63. The number of hydrogen-bond donors (Lipinski definition) is 1. The maximum absolute atomic E-state index is 12.7. The molecule has 3 rings (SSSR count). The molecule has 0 radical (unpaired) electrons. The number of nitrogens with one attached hydrogen (secondary N) is 1. The zero-order chi connectivity index (χ0) is 21.9. The molecule has 1 unspecified atom stereocenters. The zero-order valence-corrected chi connectivity index (χ0v) is 19.0. The highest BCUT2D eigenvalue weighted by atomic mass is 32.2. The highest BCUT2D eigenvalue weighted by molar-refractivity contribution is 8.14. The molecule has 30 heavy (non-hydrogen) atoms. The Kier molecular flexibility index (Phi) is 7.13. The van der Waals surface area contributed by atoms with E-state index in [1.54, 1.807) is 0 Å². The lowest BCUT2D eigenvalue weighted by molar-refractivity contribution is -0.109. The van der Waals surface area contributed by atoms with E-state index in [2.05, 4.69) is 29.8 Å². The minimum Gasteiger partial charge on any atom is -0.306 e. The first-order valence-corrected chi connectivity index (χ1v) is 12.2. The van der Waals surface area contributed by atoms with Crippen LogP contribution in [-0.2, 0) is 34.2 Å². The number of carbonyl (C=O) groups is 2. The van der Waals surface area contributed by atoms with Crippen molar-refractivity contribution in [3.63, 3.8) is 0 Å². The van der Waals surface area contributed by atoms with Crippen LogP contribution in [-0.4, -0.2) is 50.1 Å². The number of hydrogen-bond acceptors (Lipinski definition) is 6. The van der Waals surface area contributed by atoms with Gasteiger partial charge in [0.25, 0.3) is 0 Å². The summed E-state index contributed by atoms with van der Waals surface area (Å²) in [6.45, 7) is 1.63. The first-order valence-electron chi connectivity index (χ1n) is 9.69. The first-order chi connectivity index (χ1) is 14.2. The molecule has 2 aromatic rings. The van der Waals surface area contributed by atoms with E-state index in [9.17, 15) is 18.0 Å². The maximum Gasteiger partial charge on any atom is 0.240 e. The minimum atomic E-state index is -3.70. The average Bonchev–Trinajstić information content (AvgIpc) is 3.16. The van der Waals surface area contributed by atoms with Gasteiger partial charge in [-0.3, -0.25) is 9.59 Å². The molecule has 0 heterocycles. The normalized spacial score (nSPS) is 15.9. The van der Waals surface area contributed by atoms with Gasteiger partial charge in [0.2, 0.25) is 10.0 Å². The SMILES string of the molecule is CC(=O)SCC(=O)c1ccc(S(=O)(=O)NCc2cccc3c2CC(N(C)C)C3)cc1. The summed E-state index contributed by atoms with van der Waals surface area (Å²) >= 11 is 0.939. The molecule has 8 heteroatoms. The van der Waals surface area contributed by atoms with Gasteiger partial charge in [0, 0.05) is 25.1 Å². The summed E-state index contributed by atoms with van der Waals surface area (Å²) in [6.07, 6.45) is 1.88. The van der Waals surface area contributed by atoms with E-state index >= 15 is 0 Å². The quantitative estimate of drug-likeness (QED) is 0.628. The summed E-state index contributed by atoms with van der Waals surface area (Å²) in [4.78, 5) is 25.4. The molecule has 0 saturated heterocycles. The Labute approximate surface area is 182 Å². The van der Waals surface area contributed by atoms with E-state index in [-0.39, 0.29) is 28.1 Å². The van der Waals surface area contributed by atoms with Crippen molar-refractivity contribution in [3.05, 3.63) is 64.7 Å². The Balaban J connectivity index is 1.68. The summed E-state index contributed by atoms with van der Waals surface area (Å²) in [5.74, 6) is -0.158. The van der Waals surface area contributed by atoms with Gasteiger partial charge in [-0.15, -0.1) is 0 Å². The van der Waals surface area contributed by atoms with Crippen molar-refractivity contribution in [3.8, 4) is 0 Å². The molecular weight excluding hydrogens is 420 g/mol.